The van der Waals surface area contributed by atoms with Crippen molar-refractivity contribution >= 4 is 28.7 Å². The van der Waals surface area contributed by atoms with Gasteiger partial charge in [-0.2, -0.15) is 0 Å². The van der Waals surface area contributed by atoms with Gasteiger partial charge in [-0.1, -0.05) is 52.9 Å². The Balaban J connectivity index is 1.85. The van der Waals surface area contributed by atoms with Crippen LogP contribution in [0.25, 0.3) is 0 Å². The van der Waals surface area contributed by atoms with Crippen LogP contribution in [0.15, 0.2) is 30.3 Å². The van der Waals surface area contributed by atoms with Gasteiger partial charge in [-0.05, 0) is 12.0 Å². The van der Waals surface area contributed by atoms with Gasteiger partial charge in [-0.15, -0.1) is 0 Å². The Bertz CT molecular complexity index is 412. The van der Waals surface area contributed by atoms with Crippen LogP contribution in [0.3, 0.4) is 0 Å². The van der Waals surface area contributed by atoms with Gasteiger partial charge in [-0.3, -0.25) is 0 Å². The quantitative estimate of drug-likeness (QED) is 0.652. The molecule has 0 spiro atoms. The summed E-state index contributed by atoms with van der Waals surface area (Å²) in [5.74, 6) is 0.167. The molecule has 1 fully saturated rings. The summed E-state index contributed by atoms with van der Waals surface area (Å²) < 4.78 is 5.69. The first-order chi connectivity index (χ1) is 9.19. The molecule has 0 aliphatic carbocycles. The van der Waals surface area contributed by atoms with Crippen molar-refractivity contribution in [1.82, 2.24) is 4.90 Å². The fourth-order valence-corrected chi connectivity index (χ4v) is 3.42. The van der Waals surface area contributed by atoms with E-state index in [-0.39, 0.29) is 18.6 Å². The highest BCUT2D eigenvalue weighted by Gasteiger charge is 2.29. The molecular weight excluding hydrogens is 357 g/mol. The molecule has 1 aliphatic rings. The third kappa shape index (κ3) is 4.35. The van der Waals surface area contributed by atoms with Crippen LogP contribution < -0.4 is 0 Å². The molecule has 1 N–H and O–H groups in total. The number of aliphatic hydroxyl groups is 1. The maximum Gasteiger partial charge on any atom is 0.410 e. The summed E-state index contributed by atoms with van der Waals surface area (Å²) in [5.41, 5.74) is 0.984. The summed E-state index contributed by atoms with van der Waals surface area (Å²) >= 11 is 2.32. The molecule has 19 heavy (non-hydrogen) atoms. The molecule has 1 heterocycles. The number of hydrogen-bond donors (Lipinski definition) is 1. The minimum atomic E-state index is -0.288. The number of piperidine rings is 1. The number of carbonyl (C=O) groups excluding carboxylic acids is 1. The zero-order valence-electron chi connectivity index (χ0n) is 10.7. The van der Waals surface area contributed by atoms with E-state index in [0.29, 0.717) is 23.6 Å². The summed E-state index contributed by atoms with van der Waals surface area (Å²) in [4.78, 5) is 13.7. The number of hydrogen-bond acceptors (Lipinski definition) is 3. The first-order valence-electron chi connectivity index (χ1n) is 6.39. The number of likely N-dealkylation sites (tertiary alicyclic amines) is 1. The Morgan fingerprint density at radius 1 is 1.37 bits per heavy atom. The van der Waals surface area contributed by atoms with Gasteiger partial charge in [0.25, 0.3) is 0 Å². The lowest BCUT2D eigenvalue weighted by molar-refractivity contribution is 0.0714. The van der Waals surface area contributed by atoms with E-state index in [1.807, 2.05) is 30.3 Å². The van der Waals surface area contributed by atoms with Gasteiger partial charge in [0.15, 0.2) is 0 Å². The molecule has 1 aromatic carbocycles. The van der Waals surface area contributed by atoms with Gasteiger partial charge in [0.05, 0.1) is 0 Å². The molecule has 5 heteroatoms. The highest BCUT2D eigenvalue weighted by atomic mass is 127. The number of nitrogens with zero attached hydrogens (tertiary/aromatic N) is 1. The number of halogens is 1. The Labute approximate surface area is 126 Å². The van der Waals surface area contributed by atoms with Crippen LogP contribution in [0.4, 0.5) is 4.79 Å². The fraction of sp³-hybridized carbons (Fsp3) is 0.500. The average Bonchev–Trinajstić information content (AvgIpc) is 2.45. The maximum absolute atomic E-state index is 12.0. The standard InChI is InChI=1S/C14H18INO3/c15-13-6-12(9-17)7-16(8-13)14(18)19-10-11-4-2-1-3-5-11/h1-5,12-13,17H,6-10H2. The van der Waals surface area contributed by atoms with E-state index in [2.05, 4.69) is 22.6 Å². The summed E-state index contributed by atoms with van der Waals surface area (Å²) in [6.45, 7) is 1.71. The summed E-state index contributed by atoms with van der Waals surface area (Å²) in [6, 6.07) is 9.64. The van der Waals surface area contributed by atoms with Crippen molar-refractivity contribution in [3.8, 4) is 0 Å². The Morgan fingerprint density at radius 2 is 2.11 bits per heavy atom. The van der Waals surface area contributed by atoms with Gasteiger partial charge < -0.3 is 14.7 Å². The maximum atomic E-state index is 12.0. The molecule has 4 nitrogen and oxygen atoms in total. The number of carbonyl (C=O) groups is 1. The number of alkyl halides is 1. The van der Waals surface area contributed by atoms with Crippen LogP contribution in [-0.4, -0.2) is 39.7 Å². The molecule has 0 bridgehead atoms. The highest BCUT2D eigenvalue weighted by Crippen LogP contribution is 2.23. The van der Waals surface area contributed by atoms with Crippen molar-refractivity contribution in [2.24, 2.45) is 5.92 Å². The minimum Gasteiger partial charge on any atom is -0.445 e. The van der Waals surface area contributed by atoms with Crippen LogP contribution in [0.1, 0.15) is 12.0 Å². The smallest absolute Gasteiger partial charge is 0.410 e. The molecule has 2 unspecified atom stereocenters. The van der Waals surface area contributed by atoms with Crippen LogP contribution in [0.2, 0.25) is 0 Å². The van der Waals surface area contributed by atoms with Crippen molar-refractivity contribution in [2.75, 3.05) is 19.7 Å². The average molecular weight is 375 g/mol. The molecule has 1 amide bonds. The first kappa shape index (κ1) is 14.6. The molecule has 2 atom stereocenters. The van der Waals surface area contributed by atoms with Crippen molar-refractivity contribution in [2.45, 2.75) is 17.0 Å². The number of benzene rings is 1. The molecule has 1 aliphatic heterocycles. The lowest BCUT2D eigenvalue weighted by Gasteiger charge is -2.34. The minimum absolute atomic E-state index is 0.127. The van der Waals surface area contributed by atoms with E-state index in [4.69, 9.17) is 4.74 Å². The predicted octanol–water partition coefficient (Wildman–Crippen LogP) is 2.44. The van der Waals surface area contributed by atoms with Crippen LogP contribution in [0.5, 0.6) is 0 Å². The summed E-state index contributed by atoms with van der Waals surface area (Å²) in [7, 11) is 0. The van der Waals surface area contributed by atoms with Gasteiger partial charge in [-0.25, -0.2) is 4.79 Å². The third-order valence-electron chi connectivity index (χ3n) is 3.21. The zero-order chi connectivity index (χ0) is 13.7. The second-order valence-corrected chi connectivity index (χ2v) is 6.59. The second kappa shape index (κ2) is 7.09. The van der Waals surface area contributed by atoms with Gasteiger partial charge in [0.2, 0.25) is 0 Å². The SMILES string of the molecule is O=C(OCc1ccccc1)N1CC(I)CC(CO)C1. The molecule has 1 aromatic rings. The van der Waals surface area contributed by atoms with Crippen LogP contribution in [-0.2, 0) is 11.3 Å². The van der Waals surface area contributed by atoms with Crippen LogP contribution >= 0.6 is 22.6 Å². The largest absolute Gasteiger partial charge is 0.445 e. The normalized spacial score (nSPS) is 23.2. The Kier molecular flexibility index (Phi) is 5.45. The van der Waals surface area contributed by atoms with E-state index in [1.165, 1.54) is 0 Å². The number of aliphatic hydroxyl groups excluding tert-OH is 1. The van der Waals surface area contributed by atoms with Gasteiger partial charge in [0.1, 0.15) is 6.61 Å². The Morgan fingerprint density at radius 3 is 2.79 bits per heavy atom. The van der Waals surface area contributed by atoms with Gasteiger partial charge in [0, 0.05) is 29.5 Å². The van der Waals surface area contributed by atoms with Crippen molar-refractivity contribution in [3.63, 3.8) is 0 Å². The predicted molar refractivity (Wildman–Crippen MR) is 81.2 cm³/mol. The van der Waals surface area contributed by atoms with Gasteiger partial charge >= 0.3 is 6.09 Å². The van der Waals surface area contributed by atoms with E-state index in [0.717, 1.165) is 12.0 Å². The van der Waals surface area contributed by atoms with Crippen molar-refractivity contribution < 1.29 is 14.6 Å². The summed E-state index contributed by atoms with van der Waals surface area (Å²) in [6.07, 6.45) is 0.670. The number of amides is 1. The topological polar surface area (TPSA) is 49.8 Å². The van der Waals surface area contributed by atoms with E-state index in [1.54, 1.807) is 4.90 Å². The fourth-order valence-electron chi connectivity index (χ4n) is 2.23. The number of ether oxygens (including phenoxy) is 1. The third-order valence-corrected chi connectivity index (χ3v) is 4.11. The molecule has 0 aromatic heterocycles. The number of rotatable bonds is 3. The molecular formula is C14H18INO3. The van der Waals surface area contributed by atoms with E-state index in [9.17, 15) is 9.90 Å². The van der Waals surface area contributed by atoms with E-state index >= 15 is 0 Å². The molecule has 0 saturated carbocycles. The zero-order valence-corrected chi connectivity index (χ0v) is 12.8. The lowest BCUT2D eigenvalue weighted by Crippen LogP contribution is -2.45. The molecule has 0 radical (unpaired) electrons. The second-order valence-electron chi connectivity index (χ2n) is 4.83. The molecule has 104 valence electrons. The Hall–Kier alpha value is -0.820. The van der Waals surface area contributed by atoms with Crippen LogP contribution in [0, 0.1) is 5.92 Å². The highest BCUT2D eigenvalue weighted by molar-refractivity contribution is 14.1. The molecule has 2 rings (SSSR count). The van der Waals surface area contributed by atoms with Crippen molar-refractivity contribution in [3.05, 3.63) is 35.9 Å². The lowest BCUT2D eigenvalue weighted by atomic mass is 9.99. The van der Waals surface area contributed by atoms with E-state index < -0.39 is 0 Å². The first-order valence-corrected chi connectivity index (χ1v) is 7.64. The summed E-state index contributed by atoms with van der Waals surface area (Å²) in [5, 5.41) is 9.23. The molecule has 1 saturated heterocycles. The monoisotopic (exact) mass is 375 g/mol. The van der Waals surface area contributed by atoms with Crippen molar-refractivity contribution in [1.29, 1.82) is 0 Å².